The van der Waals surface area contributed by atoms with Crippen LogP contribution in [0.1, 0.15) is 12.0 Å². The molecule has 1 aliphatic heterocycles. The van der Waals surface area contributed by atoms with E-state index < -0.39 is 16.0 Å². The van der Waals surface area contributed by atoms with E-state index in [9.17, 15) is 12.8 Å². The van der Waals surface area contributed by atoms with E-state index in [1.54, 1.807) is 6.07 Å². The lowest BCUT2D eigenvalue weighted by Gasteiger charge is -2.37. The van der Waals surface area contributed by atoms with Crippen molar-refractivity contribution in [2.24, 2.45) is 0 Å². The molecule has 128 valence electrons. The Morgan fingerprint density at radius 2 is 1.83 bits per heavy atom. The third kappa shape index (κ3) is 3.15. The first-order valence-electron chi connectivity index (χ1n) is 7.82. The standard InChI is InChI=1S/C17H20FN3O2S/c1-19-11-4-12-20-13-14-5-2-3-6-17(14)21(24(20,22)23)16-9-7-15(18)8-10-16/h2-3,5-10,19H,4,11-13H2,1H3. The molecule has 0 radical (unpaired) electrons. The molecule has 24 heavy (non-hydrogen) atoms. The van der Waals surface area contributed by atoms with E-state index in [0.717, 1.165) is 18.5 Å². The lowest BCUT2D eigenvalue weighted by Crippen LogP contribution is -2.46. The Morgan fingerprint density at radius 3 is 2.54 bits per heavy atom. The van der Waals surface area contributed by atoms with Crippen molar-refractivity contribution in [2.45, 2.75) is 13.0 Å². The summed E-state index contributed by atoms with van der Waals surface area (Å²) in [5.41, 5.74) is 1.98. The molecule has 0 spiro atoms. The van der Waals surface area contributed by atoms with Gasteiger partial charge in [0.05, 0.1) is 11.4 Å². The highest BCUT2D eigenvalue weighted by Gasteiger charge is 2.37. The molecule has 2 aromatic carbocycles. The van der Waals surface area contributed by atoms with Crippen LogP contribution in [0.25, 0.3) is 0 Å². The Bertz CT molecular complexity index is 809. The normalized spacial score (nSPS) is 16.8. The van der Waals surface area contributed by atoms with Crippen molar-refractivity contribution >= 4 is 21.6 Å². The number of hydrogen-bond acceptors (Lipinski definition) is 3. The number of anilines is 2. The van der Waals surface area contributed by atoms with Crippen LogP contribution in [-0.2, 0) is 16.8 Å². The van der Waals surface area contributed by atoms with E-state index in [1.165, 1.54) is 32.9 Å². The van der Waals surface area contributed by atoms with Crippen molar-refractivity contribution in [3.63, 3.8) is 0 Å². The van der Waals surface area contributed by atoms with Gasteiger partial charge in [0.15, 0.2) is 0 Å². The Morgan fingerprint density at radius 1 is 1.12 bits per heavy atom. The van der Waals surface area contributed by atoms with Crippen molar-refractivity contribution in [2.75, 3.05) is 24.4 Å². The molecular formula is C17H20FN3O2S. The van der Waals surface area contributed by atoms with Crippen LogP contribution in [0, 0.1) is 5.82 Å². The molecule has 0 fully saturated rings. The zero-order valence-corrected chi connectivity index (χ0v) is 14.3. The number of rotatable bonds is 5. The zero-order chi connectivity index (χ0) is 17.2. The predicted molar refractivity (Wildman–Crippen MR) is 92.9 cm³/mol. The fourth-order valence-electron chi connectivity index (χ4n) is 2.83. The molecule has 0 amide bonds. The van der Waals surface area contributed by atoms with Crippen molar-refractivity contribution in [3.8, 4) is 0 Å². The molecule has 0 aliphatic carbocycles. The van der Waals surface area contributed by atoms with E-state index in [1.807, 2.05) is 25.2 Å². The molecule has 1 heterocycles. The van der Waals surface area contributed by atoms with Crippen molar-refractivity contribution in [1.82, 2.24) is 9.62 Å². The van der Waals surface area contributed by atoms with Gasteiger partial charge < -0.3 is 5.32 Å². The quantitative estimate of drug-likeness (QED) is 0.845. The van der Waals surface area contributed by atoms with Crippen LogP contribution in [0.5, 0.6) is 0 Å². The molecular weight excluding hydrogens is 329 g/mol. The molecule has 2 aromatic rings. The zero-order valence-electron chi connectivity index (χ0n) is 13.4. The molecule has 0 unspecified atom stereocenters. The third-order valence-corrected chi connectivity index (χ3v) is 5.84. The molecule has 0 bridgehead atoms. The smallest absolute Gasteiger partial charge is 0.308 e. The van der Waals surface area contributed by atoms with Crippen LogP contribution in [0.2, 0.25) is 0 Å². The number of halogens is 1. The minimum atomic E-state index is -3.71. The second kappa shape index (κ2) is 6.88. The van der Waals surface area contributed by atoms with E-state index >= 15 is 0 Å². The van der Waals surface area contributed by atoms with E-state index in [0.29, 0.717) is 24.5 Å². The van der Waals surface area contributed by atoms with E-state index in [4.69, 9.17) is 0 Å². The second-order valence-electron chi connectivity index (χ2n) is 5.67. The van der Waals surface area contributed by atoms with Gasteiger partial charge >= 0.3 is 10.2 Å². The van der Waals surface area contributed by atoms with Crippen molar-refractivity contribution in [3.05, 3.63) is 59.9 Å². The molecule has 0 atom stereocenters. The topological polar surface area (TPSA) is 52.6 Å². The van der Waals surface area contributed by atoms with E-state index in [-0.39, 0.29) is 0 Å². The number of para-hydroxylation sites is 1. The molecule has 5 nitrogen and oxygen atoms in total. The highest BCUT2D eigenvalue weighted by Crippen LogP contribution is 2.38. The van der Waals surface area contributed by atoms with Gasteiger partial charge in [0.2, 0.25) is 0 Å². The Kier molecular flexibility index (Phi) is 4.84. The van der Waals surface area contributed by atoms with Gasteiger partial charge in [-0.05, 0) is 55.9 Å². The Balaban J connectivity index is 2.05. The fourth-order valence-corrected chi connectivity index (χ4v) is 4.54. The van der Waals surface area contributed by atoms with Gasteiger partial charge in [-0.25, -0.2) is 8.70 Å². The Hall–Kier alpha value is -1.96. The second-order valence-corrected chi connectivity index (χ2v) is 7.45. The van der Waals surface area contributed by atoms with Crippen LogP contribution in [-0.4, -0.2) is 32.9 Å². The van der Waals surface area contributed by atoms with Gasteiger partial charge in [-0.1, -0.05) is 18.2 Å². The molecule has 1 aliphatic rings. The summed E-state index contributed by atoms with van der Waals surface area (Å²) in [5.74, 6) is -0.396. The maximum Gasteiger partial charge on any atom is 0.308 e. The summed E-state index contributed by atoms with van der Waals surface area (Å²) in [6.45, 7) is 1.51. The van der Waals surface area contributed by atoms with Crippen LogP contribution < -0.4 is 9.62 Å². The molecule has 7 heteroatoms. The summed E-state index contributed by atoms with van der Waals surface area (Å²) in [6.07, 6.45) is 0.717. The lowest BCUT2D eigenvalue weighted by atomic mass is 10.1. The van der Waals surface area contributed by atoms with Gasteiger partial charge in [-0.3, -0.25) is 0 Å². The average Bonchev–Trinajstić information content (AvgIpc) is 2.56. The summed E-state index contributed by atoms with van der Waals surface area (Å²) in [7, 11) is -1.87. The molecule has 0 aromatic heterocycles. The van der Waals surface area contributed by atoms with Gasteiger partial charge in [-0.15, -0.1) is 0 Å². The largest absolute Gasteiger partial charge is 0.320 e. The monoisotopic (exact) mass is 349 g/mol. The number of hydrogen-bond donors (Lipinski definition) is 1. The maximum atomic E-state index is 13.2. The fraction of sp³-hybridized carbons (Fsp3) is 0.294. The van der Waals surface area contributed by atoms with Crippen molar-refractivity contribution < 1.29 is 12.8 Å². The average molecular weight is 349 g/mol. The minimum Gasteiger partial charge on any atom is -0.320 e. The molecule has 0 saturated heterocycles. The van der Waals surface area contributed by atoms with Gasteiger partial charge in [0, 0.05) is 13.1 Å². The summed E-state index contributed by atoms with van der Waals surface area (Å²) < 4.78 is 42.2. The summed E-state index contributed by atoms with van der Waals surface area (Å²) >= 11 is 0. The lowest BCUT2D eigenvalue weighted by molar-refractivity contribution is 0.392. The highest BCUT2D eigenvalue weighted by molar-refractivity contribution is 7.90. The van der Waals surface area contributed by atoms with Gasteiger partial charge in [0.1, 0.15) is 5.82 Å². The molecule has 3 rings (SSSR count). The SMILES string of the molecule is CNCCCN1Cc2ccccc2N(c2ccc(F)cc2)S1(=O)=O. The third-order valence-electron chi connectivity index (χ3n) is 4.01. The Labute approximate surface area is 141 Å². The van der Waals surface area contributed by atoms with Crippen LogP contribution >= 0.6 is 0 Å². The summed E-state index contributed by atoms with van der Waals surface area (Å²) in [5, 5.41) is 3.03. The first-order chi connectivity index (χ1) is 11.5. The van der Waals surface area contributed by atoms with Crippen LogP contribution in [0.15, 0.2) is 48.5 Å². The summed E-state index contributed by atoms with van der Waals surface area (Å²) in [6, 6.07) is 12.9. The number of benzene rings is 2. The highest BCUT2D eigenvalue weighted by atomic mass is 32.2. The minimum absolute atomic E-state index is 0.347. The maximum absolute atomic E-state index is 13.2. The first kappa shape index (κ1) is 16.9. The number of nitrogens with one attached hydrogen (secondary N) is 1. The first-order valence-corrected chi connectivity index (χ1v) is 9.22. The number of fused-ring (bicyclic) bond motifs is 1. The predicted octanol–water partition coefficient (Wildman–Crippen LogP) is 2.63. The number of nitrogens with zero attached hydrogens (tertiary/aromatic N) is 2. The van der Waals surface area contributed by atoms with Crippen LogP contribution in [0.3, 0.4) is 0 Å². The van der Waals surface area contributed by atoms with Gasteiger partial charge in [-0.2, -0.15) is 12.7 Å². The molecule has 0 saturated carbocycles. The van der Waals surface area contributed by atoms with Crippen LogP contribution in [0.4, 0.5) is 15.8 Å². The van der Waals surface area contributed by atoms with Crippen molar-refractivity contribution in [1.29, 1.82) is 0 Å². The summed E-state index contributed by atoms with van der Waals surface area (Å²) in [4.78, 5) is 0. The van der Waals surface area contributed by atoms with E-state index in [2.05, 4.69) is 5.32 Å². The molecule has 1 N–H and O–H groups in total. The van der Waals surface area contributed by atoms with Gasteiger partial charge in [0.25, 0.3) is 0 Å².